The average molecular weight is 281 g/mol. The molecule has 0 aromatic heterocycles. The van der Waals surface area contributed by atoms with Gasteiger partial charge in [0, 0.05) is 12.6 Å². The Morgan fingerprint density at radius 2 is 1.65 bits per heavy atom. The summed E-state index contributed by atoms with van der Waals surface area (Å²) in [7, 11) is 0. The monoisotopic (exact) mass is 281 g/mol. The van der Waals surface area contributed by atoms with Crippen LogP contribution < -0.4 is 0 Å². The molecule has 0 spiro atoms. The van der Waals surface area contributed by atoms with E-state index in [4.69, 9.17) is 9.84 Å². The largest absolute Gasteiger partial charge is 0.479 e. The highest BCUT2D eigenvalue weighted by Gasteiger charge is 2.41. The zero-order valence-electron chi connectivity index (χ0n) is 11.8. The van der Waals surface area contributed by atoms with Crippen LogP contribution in [0.5, 0.6) is 0 Å². The molecule has 5 nitrogen and oxygen atoms in total. The first-order valence-electron chi connectivity index (χ1n) is 7.85. The number of hydrogen-bond acceptors (Lipinski definition) is 3. The lowest BCUT2D eigenvalue weighted by molar-refractivity contribution is -0.157. The van der Waals surface area contributed by atoms with Crippen molar-refractivity contribution in [2.24, 2.45) is 5.92 Å². The Hall–Kier alpha value is -1.10. The molecule has 0 aromatic carbocycles. The molecule has 1 N–H and O–H groups in total. The smallest absolute Gasteiger partial charge is 0.332 e. The van der Waals surface area contributed by atoms with Crippen molar-refractivity contribution in [3.63, 3.8) is 0 Å². The summed E-state index contributed by atoms with van der Waals surface area (Å²) in [6.07, 6.45) is 6.80. The van der Waals surface area contributed by atoms with Crippen LogP contribution in [0.25, 0.3) is 0 Å². The molecule has 1 aliphatic carbocycles. The molecule has 0 aromatic rings. The molecule has 4 unspecified atom stereocenters. The maximum Gasteiger partial charge on any atom is 0.332 e. The van der Waals surface area contributed by atoms with Crippen LogP contribution >= 0.6 is 0 Å². The van der Waals surface area contributed by atoms with Crippen molar-refractivity contribution in [3.05, 3.63) is 0 Å². The summed E-state index contributed by atoms with van der Waals surface area (Å²) in [5.41, 5.74) is 0. The Bertz CT molecular complexity index is 395. The second-order valence-corrected chi connectivity index (χ2v) is 6.31. The number of carbonyl (C=O) groups is 2. The summed E-state index contributed by atoms with van der Waals surface area (Å²) in [5.74, 6) is -0.266. The third kappa shape index (κ3) is 2.55. The van der Waals surface area contributed by atoms with Crippen LogP contribution in [0.3, 0.4) is 0 Å². The molecule has 112 valence electrons. The van der Waals surface area contributed by atoms with Crippen LogP contribution in [-0.4, -0.2) is 46.7 Å². The molecule has 3 fully saturated rings. The van der Waals surface area contributed by atoms with Gasteiger partial charge in [-0.3, -0.25) is 4.79 Å². The number of amides is 1. The van der Waals surface area contributed by atoms with Crippen LogP contribution in [0, 0.1) is 5.92 Å². The Labute approximate surface area is 119 Å². The first kappa shape index (κ1) is 13.9. The van der Waals surface area contributed by atoms with E-state index >= 15 is 0 Å². The van der Waals surface area contributed by atoms with E-state index in [0.717, 1.165) is 19.4 Å². The van der Waals surface area contributed by atoms with E-state index in [2.05, 4.69) is 0 Å². The van der Waals surface area contributed by atoms with E-state index in [1.54, 1.807) is 0 Å². The van der Waals surface area contributed by atoms with E-state index in [1.165, 1.54) is 25.7 Å². The van der Waals surface area contributed by atoms with E-state index in [1.807, 2.05) is 4.90 Å². The third-order valence-corrected chi connectivity index (χ3v) is 5.10. The predicted molar refractivity (Wildman–Crippen MR) is 72.2 cm³/mol. The number of nitrogens with zero attached hydrogens (tertiary/aromatic N) is 1. The number of carboxylic acid groups (broad SMARTS) is 1. The van der Waals surface area contributed by atoms with Gasteiger partial charge in [-0.25, -0.2) is 4.79 Å². The molecule has 4 atom stereocenters. The lowest BCUT2D eigenvalue weighted by Gasteiger charge is -2.44. The van der Waals surface area contributed by atoms with Crippen molar-refractivity contribution in [1.82, 2.24) is 4.90 Å². The molecular formula is C15H23NO4. The molecule has 1 saturated carbocycles. The molecule has 0 radical (unpaired) electrons. The van der Waals surface area contributed by atoms with Gasteiger partial charge in [-0.2, -0.15) is 0 Å². The summed E-state index contributed by atoms with van der Waals surface area (Å²) >= 11 is 0. The minimum absolute atomic E-state index is 0.0327. The van der Waals surface area contributed by atoms with Gasteiger partial charge < -0.3 is 14.7 Å². The van der Waals surface area contributed by atoms with Crippen molar-refractivity contribution >= 4 is 11.9 Å². The highest BCUT2D eigenvalue weighted by molar-refractivity contribution is 5.83. The van der Waals surface area contributed by atoms with Gasteiger partial charge in [-0.05, 0) is 44.4 Å². The van der Waals surface area contributed by atoms with Gasteiger partial charge in [-0.1, -0.05) is 12.8 Å². The minimum atomic E-state index is -0.950. The molecular weight excluding hydrogens is 258 g/mol. The van der Waals surface area contributed by atoms with Gasteiger partial charge in [0.05, 0.1) is 0 Å². The van der Waals surface area contributed by atoms with Crippen LogP contribution in [0.1, 0.15) is 51.4 Å². The normalized spacial score (nSPS) is 37.5. The lowest BCUT2D eigenvalue weighted by atomic mass is 9.78. The Morgan fingerprint density at radius 3 is 2.40 bits per heavy atom. The molecule has 5 heteroatoms. The van der Waals surface area contributed by atoms with Gasteiger partial charge >= 0.3 is 5.97 Å². The fraction of sp³-hybridized carbons (Fsp3) is 0.867. The molecule has 20 heavy (non-hydrogen) atoms. The van der Waals surface area contributed by atoms with Crippen LogP contribution in [0.4, 0.5) is 0 Å². The van der Waals surface area contributed by atoms with Crippen molar-refractivity contribution in [1.29, 1.82) is 0 Å². The fourth-order valence-electron chi connectivity index (χ4n) is 4.08. The number of carbonyl (C=O) groups excluding carboxylic acids is 1. The summed E-state index contributed by atoms with van der Waals surface area (Å²) in [4.78, 5) is 25.6. The van der Waals surface area contributed by atoms with Crippen molar-refractivity contribution in [3.8, 4) is 0 Å². The van der Waals surface area contributed by atoms with Crippen molar-refractivity contribution in [2.75, 3.05) is 6.54 Å². The van der Waals surface area contributed by atoms with Gasteiger partial charge in [0.15, 0.2) is 6.10 Å². The molecule has 3 rings (SSSR count). The van der Waals surface area contributed by atoms with Gasteiger partial charge in [0.2, 0.25) is 0 Å². The second kappa shape index (κ2) is 5.72. The van der Waals surface area contributed by atoms with E-state index in [9.17, 15) is 9.59 Å². The second-order valence-electron chi connectivity index (χ2n) is 6.31. The van der Waals surface area contributed by atoms with Crippen molar-refractivity contribution in [2.45, 2.75) is 69.6 Å². The zero-order chi connectivity index (χ0) is 14.1. The Balaban J connectivity index is 1.65. The number of piperidine rings is 1. The van der Waals surface area contributed by atoms with E-state index in [-0.39, 0.29) is 5.91 Å². The van der Waals surface area contributed by atoms with Crippen LogP contribution in [-0.2, 0) is 14.3 Å². The fourth-order valence-corrected chi connectivity index (χ4v) is 4.08. The van der Waals surface area contributed by atoms with Crippen LogP contribution in [0.15, 0.2) is 0 Å². The topological polar surface area (TPSA) is 66.8 Å². The minimum Gasteiger partial charge on any atom is -0.479 e. The third-order valence-electron chi connectivity index (χ3n) is 5.10. The maximum atomic E-state index is 12.6. The quantitative estimate of drug-likeness (QED) is 0.838. The maximum absolute atomic E-state index is 12.6. The first-order chi connectivity index (χ1) is 9.66. The lowest BCUT2D eigenvalue weighted by Crippen LogP contribution is -2.52. The average Bonchev–Trinajstić information content (AvgIpc) is 2.96. The number of aliphatic carboxylic acids is 1. The van der Waals surface area contributed by atoms with Crippen molar-refractivity contribution < 1.29 is 19.4 Å². The van der Waals surface area contributed by atoms with Gasteiger partial charge in [-0.15, -0.1) is 0 Å². The highest BCUT2D eigenvalue weighted by Crippen LogP contribution is 2.36. The number of carboxylic acids is 1. The van der Waals surface area contributed by atoms with Gasteiger partial charge in [0.1, 0.15) is 6.10 Å². The number of hydrogen-bond donors (Lipinski definition) is 1. The number of rotatable bonds is 2. The molecule has 2 saturated heterocycles. The highest BCUT2D eigenvalue weighted by atomic mass is 16.5. The number of likely N-dealkylation sites (tertiary alicyclic amines) is 1. The molecule has 3 aliphatic rings. The number of ether oxygens (including phenoxy) is 1. The van der Waals surface area contributed by atoms with E-state index in [0.29, 0.717) is 24.8 Å². The zero-order valence-corrected chi connectivity index (χ0v) is 11.8. The van der Waals surface area contributed by atoms with Crippen LogP contribution in [0.2, 0.25) is 0 Å². The molecule has 0 bridgehead atoms. The number of fused-ring (bicyclic) bond motifs is 1. The molecule has 1 amide bonds. The SMILES string of the molecule is O=C(O)C1CCC(C(=O)N2CCCC3CCCCC32)O1. The molecule has 2 heterocycles. The Kier molecular flexibility index (Phi) is 3.96. The summed E-state index contributed by atoms with van der Waals surface area (Å²) in [6, 6.07) is 0.373. The first-order valence-corrected chi connectivity index (χ1v) is 7.85. The van der Waals surface area contributed by atoms with Gasteiger partial charge in [0.25, 0.3) is 5.91 Å². The standard InChI is InChI=1S/C15H23NO4/c17-14(12-7-8-13(20-12)15(18)19)16-9-3-5-10-4-1-2-6-11(10)16/h10-13H,1-9H2,(H,18,19). The summed E-state index contributed by atoms with van der Waals surface area (Å²) < 4.78 is 5.43. The summed E-state index contributed by atoms with van der Waals surface area (Å²) in [5, 5.41) is 8.96. The summed E-state index contributed by atoms with van der Waals surface area (Å²) in [6.45, 7) is 0.817. The Morgan fingerprint density at radius 1 is 0.950 bits per heavy atom. The predicted octanol–water partition coefficient (Wildman–Crippen LogP) is 1.80. The van der Waals surface area contributed by atoms with E-state index < -0.39 is 18.2 Å². The molecule has 2 aliphatic heterocycles.